The van der Waals surface area contributed by atoms with Crippen LogP contribution in [0.4, 0.5) is 0 Å². The number of ether oxygens (including phenoxy) is 2. The standard InChI is InChI=1S/C28H36N6O5S/c1-5-10-25-30-19(3)26-28(35)31-27(32-34(25)26)22-17-21(13-14-24(22)39-6-2)40(36,37)33(16-9-15-29)18-20-11-7-8-12-23(20)38-4/h7-8,11-14,17H,5-6,9-10,15-16,18,29H2,1-4H3,(H,31,32,35). The Morgan fingerprint density at radius 2 is 1.90 bits per heavy atom. The van der Waals surface area contributed by atoms with Gasteiger partial charge in [-0.15, -0.1) is 5.10 Å². The van der Waals surface area contributed by atoms with E-state index in [1.165, 1.54) is 16.4 Å². The largest absolute Gasteiger partial charge is 0.496 e. The number of hydrogen-bond donors (Lipinski definition) is 2. The van der Waals surface area contributed by atoms with Gasteiger partial charge < -0.3 is 20.2 Å². The maximum atomic E-state index is 14.0. The first-order valence-electron chi connectivity index (χ1n) is 13.3. The maximum Gasteiger partial charge on any atom is 0.277 e. The number of benzene rings is 2. The number of H-pyrrole nitrogens is 1. The van der Waals surface area contributed by atoms with Crippen LogP contribution in [0.3, 0.4) is 0 Å². The highest BCUT2D eigenvalue weighted by Gasteiger charge is 2.27. The van der Waals surface area contributed by atoms with Crippen molar-refractivity contribution >= 4 is 15.5 Å². The summed E-state index contributed by atoms with van der Waals surface area (Å²) in [5.41, 5.74) is 7.40. The number of nitrogens with one attached hydrogen (secondary N) is 1. The topological polar surface area (TPSA) is 145 Å². The number of methoxy groups -OCH3 is 1. The highest BCUT2D eigenvalue weighted by atomic mass is 32.2. The van der Waals surface area contributed by atoms with Crippen molar-refractivity contribution in [1.29, 1.82) is 0 Å². The fraction of sp³-hybridized carbons (Fsp3) is 0.393. The molecule has 0 spiro atoms. The van der Waals surface area contributed by atoms with Crippen LogP contribution in [0.15, 0.2) is 52.2 Å². The lowest BCUT2D eigenvalue weighted by Gasteiger charge is -2.23. The zero-order chi connectivity index (χ0) is 28.9. The molecule has 12 heteroatoms. The zero-order valence-electron chi connectivity index (χ0n) is 23.3. The summed E-state index contributed by atoms with van der Waals surface area (Å²) >= 11 is 0. The van der Waals surface area contributed by atoms with E-state index in [4.69, 9.17) is 15.2 Å². The van der Waals surface area contributed by atoms with Crippen LogP contribution in [0, 0.1) is 6.92 Å². The third-order valence-corrected chi connectivity index (χ3v) is 8.35. The molecule has 0 saturated heterocycles. The molecule has 3 N–H and O–H groups in total. The van der Waals surface area contributed by atoms with Gasteiger partial charge in [0.2, 0.25) is 10.0 Å². The van der Waals surface area contributed by atoms with Crippen LogP contribution in [-0.4, -0.2) is 59.1 Å². The minimum Gasteiger partial charge on any atom is -0.496 e. The molecule has 2 aromatic heterocycles. The molecule has 2 aromatic carbocycles. The predicted octanol–water partition coefficient (Wildman–Crippen LogP) is 3.29. The van der Waals surface area contributed by atoms with E-state index in [0.717, 1.165) is 12.0 Å². The Hall–Kier alpha value is -3.74. The number of nitrogens with zero attached hydrogens (tertiary/aromatic N) is 4. The second-order valence-corrected chi connectivity index (χ2v) is 11.2. The van der Waals surface area contributed by atoms with Crippen molar-refractivity contribution in [2.45, 2.75) is 51.5 Å². The van der Waals surface area contributed by atoms with Crippen molar-refractivity contribution in [1.82, 2.24) is 23.9 Å². The van der Waals surface area contributed by atoms with Crippen molar-refractivity contribution in [3.63, 3.8) is 0 Å². The molecule has 0 radical (unpaired) electrons. The maximum absolute atomic E-state index is 14.0. The van der Waals surface area contributed by atoms with Gasteiger partial charge >= 0.3 is 0 Å². The van der Waals surface area contributed by atoms with Crippen LogP contribution in [0.25, 0.3) is 16.9 Å². The number of aromatic amines is 1. The highest BCUT2D eigenvalue weighted by Crippen LogP contribution is 2.32. The van der Waals surface area contributed by atoms with Crippen LogP contribution >= 0.6 is 0 Å². The van der Waals surface area contributed by atoms with Gasteiger partial charge in [0.1, 0.15) is 17.3 Å². The lowest BCUT2D eigenvalue weighted by atomic mass is 10.2. The van der Waals surface area contributed by atoms with E-state index in [2.05, 4.69) is 15.1 Å². The Labute approximate surface area is 234 Å². The van der Waals surface area contributed by atoms with E-state index in [0.29, 0.717) is 60.1 Å². The average Bonchev–Trinajstić information content (AvgIpc) is 3.26. The van der Waals surface area contributed by atoms with Crippen molar-refractivity contribution in [3.05, 3.63) is 69.9 Å². The summed E-state index contributed by atoms with van der Waals surface area (Å²) in [6.07, 6.45) is 1.94. The minimum atomic E-state index is -4.00. The van der Waals surface area contributed by atoms with Gasteiger partial charge in [-0.3, -0.25) is 4.79 Å². The minimum absolute atomic E-state index is 0.0382. The predicted molar refractivity (Wildman–Crippen MR) is 153 cm³/mol. The van der Waals surface area contributed by atoms with E-state index >= 15 is 0 Å². The van der Waals surface area contributed by atoms with E-state index in [1.807, 2.05) is 32.0 Å². The van der Waals surface area contributed by atoms with Crippen molar-refractivity contribution < 1.29 is 17.9 Å². The number of imidazole rings is 1. The number of hydrogen-bond acceptors (Lipinski definition) is 8. The van der Waals surface area contributed by atoms with E-state index in [-0.39, 0.29) is 29.4 Å². The van der Waals surface area contributed by atoms with Gasteiger partial charge in [0.25, 0.3) is 5.56 Å². The smallest absolute Gasteiger partial charge is 0.277 e. The lowest BCUT2D eigenvalue weighted by molar-refractivity contribution is 0.341. The third-order valence-electron chi connectivity index (χ3n) is 6.51. The van der Waals surface area contributed by atoms with E-state index in [9.17, 15) is 13.2 Å². The van der Waals surface area contributed by atoms with E-state index < -0.39 is 10.0 Å². The fourth-order valence-electron chi connectivity index (χ4n) is 4.60. The Bertz CT molecular complexity index is 1650. The molecule has 11 nitrogen and oxygen atoms in total. The first-order chi connectivity index (χ1) is 19.2. The van der Waals surface area contributed by atoms with Crippen molar-refractivity contribution in [2.24, 2.45) is 5.73 Å². The number of rotatable bonds is 13. The Balaban J connectivity index is 1.84. The average molecular weight is 569 g/mol. The first-order valence-corrected chi connectivity index (χ1v) is 14.8. The van der Waals surface area contributed by atoms with Crippen LogP contribution in [-0.2, 0) is 23.0 Å². The Kier molecular flexibility index (Phi) is 9.23. The summed E-state index contributed by atoms with van der Waals surface area (Å²) in [6, 6.07) is 11.9. The van der Waals surface area contributed by atoms with Crippen LogP contribution in [0.5, 0.6) is 11.5 Å². The summed E-state index contributed by atoms with van der Waals surface area (Å²) in [5.74, 6) is 1.84. The van der Waals surface area contributed by atoms with Crippen LogP contribution in [0.1, 0.15) is 43.8 Å². The zero-order valence-corrected chi connectivity index (χ0v) is 24.1. The third kappa shape index (κ3) is 5.88. The molecule has 0 atom stereocenters. The number of fused-ring (bicyclic) bond motifs is 1. The molecule has 0 saturated carbocycles. The van der Waals surface area contributed by atoms with Crippen molar-refractivity contribution in [3.8, 4) is 22.9 Å². The van der Waals surface area contributed by atoms with Gasteiger partial charge in [0.05, 0.1) is 29.9 Å². The summed E-state index contributed by atoms with van der Waals surface area (Å²) in [7, 11) is -2.45. The molecule has 4 rings (SSSR count). The Morgan fingerprint density at radius 1 is 1.12 bits per heavy atom. The van der Waals surface area contributed by atoms with Crippen molar-refractivity contribution in [2.75, 3.05) is 26.8 Å². The monoisotopic (exact) mass is 568 g/mol. The van der Waals surface area contributed by atoms with Gasteiger partial charge in [-0.05, 0) is 57.5 Å². The van der Waals surface area contributed by atoms with Gasteiger partial charge in [-0.1, -0.05) is 25.1 Å². The molecular formula is C28H36N6O5S. The number of aryl methyl sites for hydroxylation is 2. The number of sulfonamides is 1. The van der Waals surface area contributed by atoms with Gasteiger partial charge in [0, 0.05) is 25.1 Å². The molecule has 4 aromatic rings. The van der Waals surface area contributed by atoms with Gasteiger partial charge in [-0.25, -0.2) is 17.9 Å². The quantitative estimate of drug-likeness (QED) is 0.250. The molecule has 0 aliphatic heterocycles. The van der Waals surface area contributed by atoms with Gasteiger partial charge in [-0.2, -0.15) is 4.31 Å². The number of para-hydroxylation sites is 1. The molecule has 0 bridgehead atoms. The summed E-state index contributed by atoms with van der Waals surface area (Å²) in [5, 5.41) is 4.67. The molecule has 0 unspecified atom stereocenters. The first kappa shape index (κ1) is 29.2. The SMILES string of the molecule is CCCc1nc(C)c2c(=O)[nH]c(-c3cc(S(=O)(=O)N(CCCN)Cc4ccccc4OC)ccc3OCC)nn12. The fourth-order valence-corrected chi connectivity index (χ4v) is 6.09. The van der Waals surface area contributed by atoms with Crippen LogP contribution < -0.4 is 20.8 Å². The second kappa shape index (κ2) is 12.6. The summed E-state index contributed by atoms with van der Waals surface area (Å²) < 4.78 is 42.2. The summed E-state index contributed by atoms with van der Waals surface area (Å²) in [6.45, 7) is 6.61. The highest BCUT2D eigenvalue weighted by molar-refractivity contribution is 7.89. The lowest BCUT2D eigenvalue weighted by Crippen LogP contribution is -2.32. The molecule has 0 aliphatic rings. The summed E-state index contributed by atoms with van der Waals surface area (Å²) in [4.78, 5) is 20.5. The molecule has 0 fully saturated rings. The van der Waals surface area contributed by atoms with E-state index in [1.54, 1.807) is 30.7 Å². The second-order valence-electron chi connectivity index (χ2n) is 9.31. The van der Waals surface area contributed by atoms with Crippen LogP contribution in [0.2, 0.25) is 0 Å². The number of aromatic nitrogens is 4. The molecule has 214 valence electrons. The van der Waals surface area contributed by atoms with Gasteiger partial charge in [0.15, 0.2) is 11.3 Å². The Morgan fingerprint density at radius 3 is 2.60 bits per heavy atom. The molecule has 0 amide bonds. The molecule has 40 heavy (non-hydrogen) atoms. The molecular weight excluding hydrogens is 532 g/mol. The molecule has 2 heterocycles. The number of nitrogens with two attached hydrogens (primary N) is 1. The molecule has 0 aliphatic carbocycles. The normalized spacial score (nSPS) is 11.8.